The van der Waals surface area contributed by atoms with Crippen LogP contribution in [0.15, 0.2) is 24.3 Å². The molecule has 2 nitrogen and oxygen atoms in total. The Hall–Kier alpha value is -0.450. The van der Waals surface area contributed by atoms with Crippen molar-refractivity contribution in [2.45, 2.75) is 19.1 Å². The van der Waals surface area contributed by atoms with Gasteiger partial charge in [-0.1, -0.05) is 34.1 Å². The van der Waals surface area contributed by atoms with Gasteiger partial charge in [0.25, 0.3) is 0 Å². The van der Waals surface area contributed by atoms with Crippen molar-refractivity contribution in [1.29, 1.82) is 0 Å². The van der Waals surface area contributed by atoms with Gasteiger partial charge in [0.1, 0.15) is 5.82 Å². The van der Waals surface area contributed by atoms with E-state index < -0.39 is 6.10 Å². The molecule has 0 saturated heterocycles. The number of alkyl halides is 1. The number of rotatable bonds is 5. The zero-order valence-corrected chi connectivity index (χ0v) is 11.1. The van der Waals surface area contributed by atoms with E-state index >= 15 is 0 Å². The smallest absolute Gasteiger partial charge is 0.127 e. The Morgan fingerprint density at radius 2 is 2.06 bits per heavy atom. The van der Waals surface area contributed by atoms with Crippen molar-refractivity contribution in [3.05, 3.63) is 35.6 Å². The lowest BCUT2D eigenvalue weighted by Crippen LogP contribution is -2.32. The van der Waals surface area contributed by atoms with E-state index in [1.54, 1.807) is 12.1 Å². The summed E-state index contributed by atoms with van der Waals surface area (Å²) in [5.41, 5.74) is 0.659. The van der Waals surface area contributed by atoms with Gasteiger partial charge < -0.3 is 5.11 Å². The van der Waals surface area contributed by atoms with Gasteiger partial charge in [-0.2, -0.15) is 0 Å². The Morgan fingerprint density at radius 1 is 1.44 bits per heavy atom. The number of benzene rings is 1. The summed E-state index contributed by atoms with van der Waals surface area (Å²) in [6, 6.07) is 6.69. The van der Waals surface area contributed by atoms with Gasteiger partial charge in [-0.15, -0.1) is 0 Å². The number of halogens is 2. The first-order valence-corrected chi connectivity index (χ1v) is 6.37. The van der Waals surface area contributed by atoms with Gasteiger partial charge in [-0.25, -0.2) is 4.39 Å². The lowest BCUT2D eigenvalue weighted by molar-refractivity contribution is 0.125. The second-order valence-electron chi connectivity index (χ2n) is 3.95. The van der Waals surface area contributed by atoms with Gasteiger partial charge in [0.15, 0.2) is 0 Å². The Balaban J connectivity index is 2.70. The SMILES string of the molecule is CC(c1ccccc1F)N(C)CC(O)CBr. The molecule has 1 aromatic carbocycles. The minimum Gasteiger partial charge on any atom is -0.391 e. The van der Waals surface area contributed by atoms with Gasteiger partial charge in [-0.3, -0.25) is 4.90 Å². The second-order valence-corrected chi connectivity index (χ2v) is 4.59. The molecule has 1 N–H and O–H groups in total. The van der Waals surface area contributed by atoms with Crippen molar-refractivity contribution in [2.24, 2.45) is 0 Å². The highest BCUT2D eigenvalue weighted by molar-refractivity contribution is 9.09. The van der Waals surface area contributed by atoms with Crippen LogP contribution in [0.25, 0.3) is 0 Å². The number of likely N-dealkylation sites (N-methyl/N-ethyl adjacent to an activating group) is 1. The molecule has 2 atom stereocenters. The first-order valence-electron chi connectivity index (χ1n) is 5.25. The Bertz CT molecular complexity index is 335. The molecule has 1 aromatic rings. The van der Waals surface area contributed by atoms with E-state index in [1.165, 1.54) is 6.07 Å². The number of aliphatic hydroxyl groups is 1. The van der Waals surface area contributed by atoms with E-state index in [-0.39, 0.29) is 11.9 Å². The Labute approximate surface area is 104 Å². The van der Waals surface area contributed by atoms with Gasteiger partial charge in [0.2, 0.25) is 0 Å². The standard InChI is InChI=1S/C12H17BrFNO/c1-9(15(2)8-10(16)7-13)11-5-3-4-6-12(11)14/h3-6,9-10,16H,7-8H2,1-2H3. The highest BCUT2D eigenvalue weighted by Crippen LogP contribution is 2.21. The monoisotopic (exact) mass is 289 g/mol. The quantitative estimate of drug-likeness (QED) is 0.843. The molecule has 1 rings (SSSR count). The predicted molar refractivity (Wildman–Crippen MR) is 67.2 cm³/mol. The molecule has 0 amide bonds. The third-order valence-electron chi connectivity index (χ3n) is 2.69. The van der Waals surface area contributed by atoms with Gasteiger partial charge in [0, 0.05) is 23.5 Å². The van der Waals surface area contributed by atoms with Gasteiger partial charge in [-0.05, 0) is 20.0 Å². The summed E-state index contributed by atoms with van der Waals surface area (Å²) in [5, 5.41) is 10.0. The van der Waals surface area contributed by atoms with E-state index in [0.717, 1.165) is 0 Å². The minimum atomic E-state index is -0.431. The fourth-order valence-electron chi connectivity index (χ4n) is 1.59. The summed E-state index contributed by atoms with van der Waals surface area (Å²) in [7, 11) is 1.88. The molecule has 0 spiro atoms. The molecule has 90 valence electrons. The van der Waals surface area contributed by atoms with Crippen LogP contribution in [0, 0.1) is 5.82 Å². The topological polar surface area (TPSA) is 23.5 Å². The maximum absolute atomic E-state index is 13.5. The molecule has 0 bridgehead atoms. The number of hydrogen-bond acceptors (Lipinski definition) is 2. The van der Waals surface area contributed by atoms with Crippen molar-refractivity contribution in [2.75, 3.05) is 18.9 Å². The molecule has 0 heterocycles. The molecule has 0 aromatic heterocycles. The molecular weight excluding hydrogens is 273 g/mol. The van der Waals surface area contributed by atoms with Crippen LogP contribution in [0.3, 0.4) is 0 Å². The highest BCUT2D eigenvalue weighted by Gasteiger charge is 2.17. The average molecular weight is 290 g/mol. The minimum absolute atomic E-state index is 0.0464. The van der Waals surface area contributed by atoms with Gasteiger partial charge >= 0.3 is 0 Å². The summed E-state index contributed by atoms with van der Waals surface area (Å²) < 4.78 is 13.5. The third kappa shape index (κ3) is 3.54. The molecular formula is C12H17BrFNO. The van der Waals surface area contributed by atoms with Crippen LogP contribution in [0.5, 0.6) is 0 Å². The fraction of sp³-hybridized carbons (Fsp3) is 0.500. The normalized spacial score (nSPS) is 15.1. The summed E-state index contributed by atoms with van der Waals surface area (Å²) in [6.07, 6.45) is -0.431. The van der Waals surface area contributed by atoms with Crippen molar-refractivity contribution >= 4 is 15.9 Å². The van der Waals surface area contributed by atoms with Crippen LogP contribution in [-0.2, 0) is 0 Å². The van der Waals surface area contributed by atoms with E-state index in [9.17, 15) is 9.50 Å². The molecule has 0 saturated carbocycles. The van der Waals surface area contributed by atoms with Crippen LogP contribution in [-0.4, -0.2) is 35.0 Å². The molecule has 0 aliphatic carbocycles. The zero-order chi connectivity index (χ0) is 12.1. The molecule has 16 heavy (non-hydrogen) atoms. The second kappa shape index (κ2) is 6.33. The lowest BCUT2D eigenvalue weighted by atomic mass is 10.1. The number of hydrogen-bond donors (Lipinski definition) is 1. The summed E-state index contributed by atoms with van der Waals surface area (Å²) in [5.74, 6) is -0.199. The number of aliphatic hydroxyl groups excluding tert-OH is 1. The first kappa shape index (κ1) is 13.6. The summed E-state index contributed by atoms with van der Waals surface area (Å²) in [6.45, 7) is 2.44. The van der Waals surface area contributed by atoms with E-state index in [2.05, 4.69) is 15.9 Å². The average Bonchev–Trinajstić information content (AvgIpc) is 2.28. The molecule has 0 aliphatic heterocycles. The first-order chi connectivity index (χ1) is 7.56. The van der Waals surface area contributed by atoms with E-state index in [1.807, 2.05) is 24.9 Å². The van der Waals surface area contributed by atoms with Crippen molar-refractivity contribution < 1.29 is 9.50 Å². The molecule has 0 radical (unpaired) electrons. The molecule has 2 unspecified atom stereocenters. The molecule has 0 fully saturated rings. The molecule has 4 heteroatoms. The van der Waals surface area contributed by atoms with Crippen LogP contribution in [0.4, 0.5) is 4.39 Å². The highest BCUT2D eigenvalue weighted by atomic mass is 79.9. The van der Waals surface area contributed by atoms with E-state index in [4.69, 9.17) is 0 Å². The van der Waals surface area contributed by atoms with Crippen LogP contribution in [0.2, 0.25) is 0 Å². The maximum atomic E-state index is 13.5. The molecule has 0 aliphatic rings. The number of nitrogens with zero attached hydrogens (tertiary/aromatic N) is 1. The van der Waals surface area contributed by atoms with Crippen molar-refractivity contribution in [3.63, 3.8) is 0 Å². The van der Waals surface area contributed by atoms with Crippen molar-refractivity contribution in [1.82, 2.24) is 4.90 Å². The maximum Gasteiger partial charge on any atom is 0.127 e. The summed E-state index contributed by atoms with van der Waals surface area (Å²) >= 11 is 3.21. The predicted octanol–water partition coefficient (Wildman–Crippen LogP) is 2.57. The lowest BCUT2D eigenvalue weighted by Gasteiger charge is -2.26. The van der Waals surface area contributed by atoms with Crippen LogP contribution >= 0.6 is 15.9 Å². The fourth-order valence-corrected chi connectivity index (χ4v) is 1.80. The van der Waals surface area contributed by atoms with Gasteiger partial charge in [0.05, 0.1) is 6.10 Å². The van der Waals surface area contributed by atoms with Crippen molar-refractivity contribution in [3.8, 4) is 0 Å². The zero-order valence-electron chi connectivity index (χ0n) is 9.53. The third-order valence-corrected chi connectivity index (χ3v) is 3.44. The Kier molecular flexibility index (Phi) is 5.38. The Morgan fingerprint density at radius 3 is 2.62 bits per heavy atom. The summed E-state index contributed by atoms with van der Waals surface area (Å²) in [4.78, 5) is 1.93. The largest absolute Gasteiger partial charge is 0.391 e. The van der Waals surface area contributed by atoms with Crippen LogP contribution < -0.4 is 0 Å². The van der Waals surface area contributed by atoms with Crippen LogP contribution in [0.1, 0.15) is 18.5 Å². The van der Waals surface area contributed by atoms with E-state index in [0.29, 0.717) is 17.4 Å².